The van der Waals surface area contributed by atoms with Crippen molar-refractivity contribution < 1.29 is 37.7 Å². The zero-order chi connectivity index (χ0) is 45.1. The van der Waals surface area contributed by atoms with Crippen LogP contribution in [-0.2, 0) is 20.1 Å². The summed E-state index contributed by atoms with van der Waals surface area (Å²) in [6.07, 6.45) is 1.93. The molecule has 0 N–H and O–H groups in total. The predicted octanol–water partition coefficient (Wildman–Crippen LogP) is 15.6. The molecule has 0 spiro atoms. The maximum absolute atomic E-state index is 16.4. The van der Waals surface area contributed by atoms with Gasteiger partial charge in [0.15, 0.2) is 11.4 Å². The van der Waals surface area contributed by atoms with Crippen molar-refractivity contribution in [3.8, 4) is 39.5 Å². The van der Waals surface area contributed by atoms with Gasteiger partial charge < -0.3 is 18.4 Å². The first kappa shape index (κ1) is 44.7. The Hall–Kier alpha value is -6.51. The number of hydrogen-bond donors (Lipinski definition) is 0. The van der Waals surface area contributed by atoms with Gasteiger partial charge in [-0.2, -0.15) is 0 Å². The number of rotatable bonds is 7. The molecule has 7 aromatic carbocycles. The second kappa shape index (κ2) is 17.7. The maximum Gasteiger partial charge on any atom is 0.176 e. The van der Waals surface area contributed by atoms with Crippen LogP contribution >= 0.6 is 0 Å². The van der Waals surface area contributed by atoms with Crippen molar-refractivity contribution in [3.05, 3.63) is 181 Å². The molecule has 0 aliphatic heterocycles. The smallest absolute Gasteiger partial charge is 0.176 e. The van der Waals surface area contributed by atoms with Crippen LogP contribution in [0.4, 0.5) is 8.78 Å². The number of benzene rings is 7. The normalized spacial score (nSPS) is 11.9. The number of hydrogen-bond acceptors (Lipinski definition) is 4. The summed E-state index contributed by atoms with van der Waals surface area (Å²) < 4.78 is 44.0. The van der Waals surface area contributed by atoms with Gasteiger partial charge in [-0.15, -0.1) is 48.0 Å². The van der Waals surface area contributed by atoms with Gasteiger partial charge in [-0.25, -0.2) is 4.39 Å². The standard InChI is InChI=1S/C43H32FN2O2.C14H15FNSi.Ir/c1-24(2)31-21-27(26-13-6-5-7-14-26)22-32(25(3)4)40(31)46-35-19-10-9-18-34(35)45-43(46)30-17-12-16-29-38-37(48-41(29)30)23-33-28-15-8-11-20-36(28)47-42(33)39(38)44;1-17(2,3)13-8-9-14(16-10-13)11-4-6-12(15)7-5-11;/h5-16,18-25H,1-4H3;4,6-10H,1-3H3;/q2*-1;. The van der Waals surface area contributed by atoms with Crippen LogP contribution in [0.1, 0.15) is 50.7 Å². The summed E-state index contributed by atoms with van der Waals surface area (Å²) in [5.74, 6) is 0.448. The summed E-state index contributed by atoms with van der Waals surface area (Å²) >= 11 is 0. The van der Waals surface area contributed by atoms with Crippen LogP contribution < -0.4 is 5.19 Å². The van der Waals surface area contributed by atoms with Gasteiger partial charge in [0, 0.05) is 54.0 Å². The molecule has 9 heteroatoms. The number of pyridine rings is 1. The van der Waals surface area contributed by atoms with Crippen molar-refractivity contribution in [1.29, 1.82) is 0 Å². The van der Waals surface area contributed by atoms with Gasteiger partial charge in [0.1, 0.15) is 11.2 Å². The maximum atomic E-state index is 16.4. The van der Waals surface area contributed by atoms with E-state index in [1.54, 1.807) is 6.07 Å². The molecule has 66 heavy (non-hydrogen) atoms. The third kappa shape index (κ3) is 7.99. The minimum absolute atomic E-state index is 0. The summed E-state index contributed by atoms with van der Waals surface area (Å²) in [7, 11) is -1.30. The van der Waals surface area contributed by atoms with E-state index in [9.17, 15) is 4.39 Å². The molecule has 1 radical (unpaired) electrons. The Bertz CT molecular complexity index is 3520. The van der Waals surface area contributed by atoms with Crippen molar-refractivity contribution in [3.63, 3.8) is 0 Å². The Morgan fingerprint density at radius 3 is 2.03 bits per heavy atom. The molecular weight excluding hydrogens is 1020 g/mol. The minimum Gasteiger partial charge on any atom is -0.500 e. The second-order valence-corrected chi connectivity index (χ2v) is 23.4. The number of halogens is 2. The summed E-state index contributed by atoms with van der Waals surface area (Å²) in [6.45, 7) is 15.8. The molecule has 11 rings (SSSR count). The molecule has 0 atom stereocenters. The van der Waals surface area contributed by atoms with E-state index in [4.69, 9.17) is 13.8 Å². The first-order chi connectivity index (χ1) is 31.4. The number of nitrogens with zero attached hydrogens (tertiary/aromatic N) is 3. The molecule has 0 fully saturated rings. The molecule has 4 aromatic heterocycles. The van der Waals surface area contributed by atoms with E-state index < -0.39 is 13.9 Å². The van der Waals surface area contributed by atoms with E-state index in [-0.39, 0.29) is 43.3 Å². The van der Waals surface area contributed by atoms with Crippen LogP contribution in [0.3, 0.4) is 0 Å². The average Bonchev–Trinajstić information content (AvgIpc) is 4.01. The van der Waals surface area contributed by atoms with E-state index in [0.717, 1.165) is 33.4 Å². The van der Waals surface area contributed by atoms with Crippen LogP contribution in [0.25, 0.3) is 94.4 Å². The molecule has 5 nitrogen and oxygen atoms in total. The number of furan rings is 2. The average molecular weight is 1060 g/mol. The van der Waals surface area contributed by atoms with E-state index >= 15 is 4.39 Å². The van der Waals surface area contributed by atoms with Crippen LogP contribution in [0, 0.1) is 23.8 Å². The molecule has 11 aromatic rings. The molecule has 0 saturated carbocycles. The predicted molar refractivity (Wildman–Crippen MR) is 265 cm³/mol. The number of aromatic nitrogens is 3. The van der Waals surface area contributed by atoms with Gasteiger partial charge in [-0.3, -0.25) is 9.37 Å². The quantitative estimate of drug-likeness (QED) is 0.118. The van der Waals surface area contributed by atoms with E-state index in [2.05, 4.69) is 124 Å². The Labute approximate surface area is 397 Å². The molecule has 331 valence electrons. The Kier molecular flexibility index (Phi) is 12.0. The molecule has 0 amide bonds. The van der Waals surface area contributed by atoms with Crippen molar-refractivity contribution in [2.75, 3.05) is 0 Å². The second-order valence-electron chi connectivity index (χ2n) is 18.3. The van der Waals surface area contributed by atoms with Gasteiger partial charge in [0.25, 0.3) is 0 Å². The van der Waals surface area contributed by atoms with Crippen molar-refractivity contribution in [2.24, 2.45) is 0 Å². The zero-order valence-electron chi connectivity index (χ0n) is 37.8. The van der Waals surface area contributed by atoms with Crippen LogP contribution in [-0.4, -0.2) is 22.6 Å². The Morgan fingerprint density at radius 2 is 1.35 bits per heavy atom. The molecule has 4 heterocycles. The van der Waals surface area contributed by atoms with E-state index in [0.29, 0.717) is 44.3 Å². The topological polar surface area (TPSA) is 57.0 Å². The van der Waals surface area contributed by atoms with Crippen LogP contribution in [0.2, 0.25) is 19.6 Å². The monoisotopic (exact) mass is 1060 g/mol. The molecule has 0 bridgehead atoms. The van der Waals surface area contributed by atoms with Crippen molar-refractivity contribution in [1.82, 2.24) is 14.5 Å². The number of fused-ring (bicyclic) bond motifs is 7. The van der Waals surface area contributed by atoms with E-state index in [1.165, 1.54) is 39.6 Å². The third-order valence-corrected chi connectivity index (χ3v) is 14.2. The molecule has 0 saturated heterocycles. The largest absolute Gasteiger partial charge is 0.500 e. The molecular formula is C57H47F2IrN3O2Si-2. The first-order valence-corrected chi connectivity index (χ1v) is 25.6. The van der Waals surface area contributed by atoms with Crippen LogP contribution in [0.15, 0.2) is 155 Å². The minimum atomic E-state index is -1.30. The van der Waals surface area contributed by atoms with Gasteiger partial charge in [0.05, 0.1) is 30.5 Å². The van der Waals surface area contributed by atoms with Gasteiger partial charge >= 0.3 is 0 Å². The fourth-order valence-corrected chi connectivity index (χ4v) is 9.82. The zero-order valence-corrected chi connectivity index (χ0v) is 41.2. The van der Waals surface area contributed by atoms with Crippen molar-refractivity contribution >= 4 is 68.2 Å². The summed E-state index contributed by atoms with van der Waals surface area (Å²) in [5.41, 5.74) is 12.0. The summed E-state index contributed by atoms with van der Waals surface area (Å²) in [6, 6.07) is 51.5. The summed E-state index contributed by atoms with van der Waals surface area (Å²) in [5, 5.41) is 3.92. The first-order valence-electron chi connectivity index (χ1n) is 22.1. The van der Waals surface area contributed by atoms with Crippen LogP contribution in [0.5, 0.6) is 0 Å². The number of imidazole rings is 1. The fourth-order valence-electron chi connectivity index (χ4n) is 8.79. The summed E-state index contributed by atoms with van der Waals surface area (Å²) in [4.78, 5) is 9.66. The molecule has 0 aliphatic carbocycles. The van der Waals surface area contributed by atoms with Gasteiger partial charge in [-0.1, -0.05) is 131 Å². The SMILES string of the molecule is CC(C)c1cc(-c2ccccc2)cc(C(C)C)c1-n1c(-c2[c-]ccc3c2oc2cc4c(oc5ccccc54)c(F)c23)nc2ccccc21.C[Si](C)(C)c1ccc(-c2[c-]cc(F)cc2)nc1.[Ir]. The molecule has 0 aliphatic rings. The Morgan fingerprint density at radius 1 is 0.652 bits per heavy atom. The third-order valence-electron chi connectivity index (χ3n) is 12.2. The Balaban J connectivity index is 0.000000257. The molecule has 0 unspecified atom stereocenters. The van der Waals surface area contributed by atoms with Gasteiger partial charge in [-0.05, 0) is 81.4 Å². The number of para-hydroxylation sites is 3. The van der Waals surface area contributed by atoms with E-state index in [1.807, 2.05) is 72.9 Å². The van der Waals surface area contributed by atoms with Gasteiger partial charge in [0.2, 0.25) is 0 Å². The van der Waals surface area contributed by atoms with Crippen molar-refractivity contribution in [2.45, 2.75) is 59.2 Å². The fraction of sp³-hybridized carbons (Fsp3) is 0.158.